The van der Waals surface area contributed by atoms with Crippen LogP contribution in [0, 0.1) is 17.2 Å². The number of anilines is 1. The van der Waals surface area contributed by atoms with E-state index in [0.717, 1.165) is 12.8 Å². The van der Waals surface area contributed by atoms with Gasteiger partial charge in [-0.05, 0) is 72.8 Å². The number of fused-ring (bicyclic) bond motifs is 1. The summed E-state index contributed by atoms with van der Waals surface area (Å²) in [4.78, 5) is 56.0. The molecule has 3 saturated carbocycles. The van der Waals surface area contributed by atoms with Crippen molar-refractivity contribution in [3.63, 3.8) is 0 Å². The Morgan fingerprint density at radius 1 is 1.02 bits per heavy atom. The number of piperazine rings is 1. The summed E-state index contributed by atoms with van der Waals surface area (Å²) in [7, 11) is 1.78. The topological polar surface area (TPSA) is 124 Å². The van der Waals surface area contributed by atoms with E-state index in [2.05, 4.69) is 9.97 Å². The molecule has 0 radical (unpaired) electrons. The van der Waals surface area contributed by atoms with E-state index in [1.54, 1.807) is 16.8 Å². The molecule has 3 aliphatic heterocycles. The molecule has 12 nitrogen and oxygen atoms in total. The average Bonchev–Trinajstić information content (AvgIpc) is 3.48. The van der Waals surface area contributed by atoms with Gasteiger partial charge in [0.1, 0.15) is 18.4 Å². The number of halogens is 2. The van der Waals surface area contributed by atoms with Crippen LogP contribution in [0.5, 0.6) is 5.88 Å². The Bertz CT molecular complexity index is 1470. The fourth-order valence-electron chi connectivity index (χ4n) is 8.86. The molecule has 6 fully saturated rings. The molecule has 14 heteroatoms. The summed E-state index contributed by atoms with van der Waals surface area (Å²) in [5.74, 6) is -4.49. The molecule has 4 atom stereocenters. The second-order valence-corrected chi connectivity index (χ2v) is 15.9. The number of likely N-dealkylation sites (N-methyl/N-ethyl adjacent to an activating group) is 1. The minimum atomic E-state index is -1.03. The van der Waals surface area contributed by atoms with E-state index in [0.29, 0.717) is 58.2 Å². The monoisotopic (exact) mass is 689 g/mol. The Morgan fingerprint density at radius 2 is 1.73 bits per heavy atom. The van der Waals surface area contributed by atoms with E-state index < -0.39 is 58.0 Å². The maximum atomic E-state index is 16.4. The van der Waals surface area contributed by atoms with Crippen LogP contribution in [-0.4, -0.2) is 120 Å². The molecule has 49 heavy (non-hydrogen) atoms. The zero-order valence-electron chi connectivity index (χ0n) is 29.1. The summed E-state index contributed by atoms with van der Waals surface area (Å²) in [6, 6.07) is -0.298. The third-order valence-corrected chi connectivity index (χ3v) is 11.5. The Labute approximate surface area is 286 Å². The lowest BCUT2D eigenvalue weighted by molar-refractivity contribution is -0.255. The number of alkyl halides is 1. The van der Waals surface area contributed by atoms with Gasteiger partial charge in [0.05, 0.1) is 30.1 Å². The Balaban J connectivity index is 1.19. The number of ketones is 2. The summed E-state index contributed by atoms with van der Waals surface area (Å²) in [6.07, 6.45) is 4.65. The summed E-state index contributed by atoms with van der Waals surface area (Å²) >= 11 is 0. The van der Waals surface area contributed by atoms with E-state index in [-0.39, 0.29) is 62.7 Å². The van der Waals surface area contributed by atoms with Crippen LogP contribution in [0.3, 0.4) is 0 Å². The van der Waals surface area contributed by atoms with E-state index in [9.17, 15) is 18.8 Å². The maximum Gasteiger partial charge on any atom is 0.410 e. The van der Waals surface area contributed by atoms with E-state index in [1.165, 1.54) is 0 Å². The predicted molar refractivity (Wildman–Crippen MR) is 173 cm³/mol. The summed E-state index contributed by atoms with van der Waals surface area (Å²) < 4.78 is 54.4. The van der Waals surface area contributed by atoms with Crippen LogP contribution in [0.4, 0.5) is 19.4 Å². The number of hydrogen-bond acceptors (Lipinski definition) is 11. The Hall–Kier alpha value is -2.97. The Kier molecular flexibility index (Phi) is 8.91. The highest BCUT2D eigenvalue weighted by Crippen LogP contribution is 2.56. The van der Waals surface area contributed by atoms with Gasteiger partial charge >= 0.3 is 6.09 Å². The van der Waals surface area contributed by atoms with E-state index >= 15 is 4.39 Å². The molecule has 1 amide bonds. The highest BCUT2D eigenvalue weighted by atomic mass is 19.1. The van der Waals surface area contributed by atoms with Crippen LogP contribution in [0.25, 0.3) is 0 Å². The van der Waals surface area contributed by atoms with Gasteiger partial charge in [0.25, 0.3) is 5.88 Å². The molecule has 1 aromatic rings. The van der Waals surface area contributed by atoms with Crippen molar-refractivity contribution in [2.75, 3.05) is 57.9 Å². The SMILES string of the molecule is CN1C[C@H](F)C[C@H]1COc1nc(C(=O)C2CCC[C@@]3(CCCCC34OCCO4)C2=O)nc(N2CCN(C(=O)OC(C)(C)C)C3(CC3)C2)c1F. The van der Waals surface area contributed by atoms with Crippen LogP contribution in [0.2, 0.25) is 0 Å². The second kappa shape index (κ2) is 12.7. The molecule has 7 rings (SSSR count). The van der Waals surface area contributed by atoms with Gasteiger partial charge in [-0.2, -0.15) is 9.37 Å². The minimum Gasteiger partial charge on any atom is -0.474 e. The lowest BCUT2D eigenvalue weighted by atomic mass is 9.57. The average molecular weight is 690 g/mol. The molecule has 0 N–H and O–H groups in total. The molecule has 6 aliphatic rings. The van der Waals surface area contributed by atoms with Crippen LogP contribution in [-0.2, 0) is 19.0 Å². The van der Waals surface area contributed by atoms with E-state index in [1.807, 2.05) is 25.7 Å². The number of aromatic nitrogens is 2. The third-order valence-electron chi connectivity index (χ3n) is 11.5. The van der Waals surface area contributed by atoms with Crippen molar-refractivity contribution in [1.29, 1.82) is 0 Å². The molecule has 3 saturated heterocycles. The molecule has 3 spiro atoms. The molecular formula is C35H49F2N5O7. The number of amides is 1. The fraction of sp³-hybridized carbons (Fsp3) is 0.800. The van der Waals surface area contributed by atoms with Crippen molar-refractivity contribution in [2.45, 2.75) is 114 Å². The standard InChI is InChI=1S/C35H49F2N5O7/c1-32(2,3)49-31(45)42-15-14-41(21-33(42)12-13-33)29-25(37)30(46-20-23-18-22(36)19-40(23)4)39-28(38-29)26(43)24-8-7-10-34(27(24)44)9-5-6-11-35(34)47-16-17-48-35/h22-24H,5-21H2,1-4H3/t22-,23+,24?,34+/m1/s1. The minimum absolute atomic E-state index is 0.0308. The number of nitrogens with zero attached hydrogens (tertiary/aromatic N) is 5. The van der Waals surface area contributed by atoms with Gasteiger partial charge in [0.2, 0.25) is 17.4 Å². The number of rotatable bonds is 6. The first-order valence-corrected chi connectivity index (χ1v) is 17.9. The highest BCUT2D eigenvalue weighted by Gasteiger charge is 2.64. The molecule has 270 valence electrons. The van der Waals surface area contributed by atoms with Crippen LogP contribution in [0.15, 0.2) is 0 Å². The van der Waals surface area contributed by atoms with Crippen molar-refractivity contribution in [3.8, 4) is 5.88 Å². The van der Waals surface area contributed by atoms with Gasteiger partial charge in [0, 0.05) is 38.6 Å². The fourth-order valence-corrected chi connectivity index (χ4v) is 8.86. The molecule has 1 unspecified atom stereocenters. The van der Waals surface area contributed by atoms with Gasteiger partial charge in [-0.15, -0.1) is 0 Å². The van der Waals surface area contributed by atoms with Crippen LogP contribution >= 0.6 is 0 Å². The van der Waals surface area contributed by atoms with Crippen molar-refractivity contribution < 1.29 is 42.1 Å². The second-order valence-electron chi connectivity index (χ2n) is 15.9. The first kappa shape index (κ1) is 34.5. The molecule has 1 aromatic heterocycles. The van der Waals surface area contributed by atoms with Crippen LogP contribution < -0.4 is 9.64 Å². The number of carbonyl (C=O) groups excluding carboxylic acids is 3. The van der Waals surface area contributed by atoms with Crippen molar-refractivity contribution in [1.82, 2.24) is 19.8 Å². The van der Waals surface area contributed by atoms with Gasteiger partial charge in [-0.1, -0.05) is 12.8 Å². The van der Waals surface area contributed by atoms with Gasteiger partial charge in [0.15, 0.2) is 17.4 Å². The lowest BCUT2D eigenvalue weighted by Gasteiger charge is -2.51. The van der Waals surface area contributed by atoms with Crippen molar-refractivity contribution in [3.05, 3.63) is 11.6 Å². The summed E-state index contributed by atoms with van der Waals surface area (Å²) in [6.45, 7) is 7.26. The predicted octanol–water partition coefficient (Wildman–Crippen LogP) is 4.48. The lowest BCUT2D eigenvalue weighted by Crippen LogP contribution is -2.60. The molecular weight excluding hydrogens is 640 g/mol. The number of hydrogen-bond donors (Lipinski definition) is 0. The highest BCUT2D eigenvalue weighted by molar-refractivity contribution is 6.11. The maximum absolute atomic E-state index is 16.4. The molecule has 4 heterocycles. The number of likely N-dealkylation sites (tertiary alicyclic amines) is 1. The number of carbonyl (C=O) groups is 3. The van der Waals surface area contributed by atoms with Gasteiger partial charge in [-0.25, -0.2) is 14.2 Å². The third kappa shape index (κ3) is 6.19. The molecule has 0 bridgehead atoms. The first-order chi connectivity index (χ1) is 23.3. The molecule has 3 aliphatic carbocycles. The summed E-state index contributed by atoms with van der Waals surface area (Å²) in [5, 5.41) is 0. The van der Waals surface area contributed by atoms with Crippen LogP contribution in [0.1, 0.15) is 95.6 Å². The first-order valence-electron chi connectivity index (χ1n) is 17.9. The van der Waals surface area contributed by atoms with Crippen molar-refractivity contribution in [2.24, 2.45) is 11.3 Å². The van der Waals surface area contributed by atoms with Gasteiger partial charge in [-0.3, -0.25) is 19.4 Å². The number of ether oxygens (including phenoxy) is 4. The normalized spacial score (nSPS) is 31.1. The van der Waals surface area contributed by atoms with E-state index in [4.69, 9.17) is 18.9 Å². The van der Waals surface area contributed by atoms with Crippen molar-refractivity contribution >= 4 is 23.5 Å². The largest absolute Gasteiger partial charge is 0.474 e. The zero-order valence-corrected chi connectivity index (χ0v) is 29.1. The number of Topliss-reactive ketones (excluding diaryl/α,β-unsaturated/α-hetero) is 2. The zero-order chi connectivity index (χ0) is 34.8. The summed E-state index contributed by atoms with van der Waals surface area (Å²) in [5.41, 5.74) is -2.15. The quantitative estimate of drug-likeness (QED) is 0.310. The Morgan fingerprint density at radius 3 is 2.41 bits per heavy atom. The van der Waals surface area contributed by atoms with Gasteiger partial charge < -0.3 is 23.8 Å². The molecule has 0 aromatic carbocycles. The smallest absolute Gasteiger partial charge is 0.410 e.